The van der Waals surface area contributed by atoms with Crippen molar-refractivity contribution in [2.24, 2.45) is 0 Å². The summed E-state index contributed by atoms with van der Waals surface area (Å²) in [6.07, 6.45) is -3.54. The van der Waals surface area contributed by atoms with Crippen LogP contribution in [-0.4, -0.2) is 17.8 Å². The maximum absolute atomic E-state index is 12.5. The van der Waals surface area contributed by atoms with E-state index in [-0.39, 0.29) is 5.75 Å². The van der Waals surface area contributed by atoms with Crippen molar-refractivity contribution < 1.29 is 18.6 Å². The summed E-state index contributed by atoms with van der Waals surface area (Å²) in [5.74, 6) is 0.00144. The number of rotatable bonds is 3. The fourth-order valence-electron chi connectivity index (χ4n) is 0.721. The maximum atomic E-state index is 12.5. The Morgan fingerprint density at radius 2 is 2.00 bits per heavy atom. The zero-order valence-electron chi connectivity index (χ0n) is 6.51. The molecule has 0 unspecified atom stereocenters. The molecule has 0 aromatic heterocycles. The molecule has 0 atom stereocenters. The fraction of sp³-hybridized carbons (Fsp3) is 0.250. The van der Waals surface area contributed by atoms with Crippen LogP contribution in [0.25, 0.3) is 0 Å². The average molecular weight is 253 g/mol. The zero-order chi connectivity index (χ0) is 9.90. The van der Waals surface area contributed by atoms with Gasteiger partial charge in [0.25, 0.3) is 0 Å². The van der Waals surface area contributed by atoms with E-state index < -0.39 is 12.7 Å². The first kappa shape index (κ1) is 10.4. The van der Waals surface area contributed by atoms with Gasteiger partial charge in [-0.3, -0.25) is 0 Å². The summed E-state index contributed by atoms with van der Waals surface area (Å²) < 4.78 is 29.7. The Morgan fingerprint density at radius 1 is 1.38 bits per heavy atom. The van der Waals surface area contributed by atoms with Gasteiger partial charge in [0.1, 0.15) is 12.4 Å². The Kier molecular flexibility index (Phi) is 3.22. The van der Waals surface area contributed by atoms with Crippen LogP contribution in [0.2, 0.25) is 0 Å². The summed E-state index contributed by atoms with van der Waals surface area (Å²) >= 11 is 3.04. The Bertz CT molecular complexity index is 291. The predicted molar refractivity (Wildman–Crippen MR) is 46.8 cm³/mol. The SMILES string of the molecule is OCC(F)(F)Oc1ccccc1Br. The monoisotopic (exact) mass is 252 g/mol. The molecular formula is C8H7BrF2O2. The van der Waals surface area contributed by atoms with Crippen molar-refractivity contribution >= 4 is 15.9 Å². The number of para-hydroxylation sites is 1. The van der Waals surface area contributed by atoms with Gasteiger partial charge in [-0.25, -0.2) is 0 Å². The largest absolute Gasteiger partial charge is 0.430 e. The number of benzene rings is 1. The molecular weight excluding hydrogens is 246 g/mol. The molecule has 1 rings (SSSR count). The third kappa shape index (κ3) is 2.93. The molecule has 0 bridgehead atoms. The Balaban J connectivity index is 2.80. The van der Waals surface area contributed by atoms with Gasteiger partial charge in [0.15, 0.2) is 0 Å². The van der Waals surface area contributed by atoms with Crippen LogP contribution in [0, 0.1) is 0 Å². The highest BCUT2D eigenvalue weighted by atomic mass is 79.9. The summed E-state index contributed by atoms with van der Waals surface area (Å²) in [7, 11) is 0. The first-order valence-electron chi connectivity index (χ1n) is 3.47. The van der Waals surface area contributed by atoms with E-state index in [0.29, 0.717) is 4.47 Å². The normalized spacial score (nSPS) is 11.4. The molecule has 0 fully saturated rings. The average Bonchev–Trinajstić information content (AvgIpc) is 2.09. The van der Waals surface area contributed by atoms with Gasteiger partial charge in [-0.2, -0.15) is 8.78 Å². The van der Waals surface area contributed by atoms with E-state index in [2.05, 4.69) is 20.7 Å². The second-order valence-electron chi connectivity index (χ2n) is 2.33. The highest BCUT2D eigenvalue weighted by Gasteiger charge is 2.30. The number of aliphatic hydroxyl groups excluding tert-OH is 1. The number of alkyl halides is 2. The lowest BCUT2D eigenvalue weighted by atomic mass is 10.3. The lowest BCUT2D eigenvalue weighted by Crippen LogP contribution is -2.29. The van der Waals surface area contributed by atoms with Crippen molar-refractivity contribution in [1.82, 2.24) is 0 Å². The molecule has 1 aromatic rings. The van der Waals surface area contributed by atoms with Crippen LogP contribution in [0.3, 0.4) is 0 Å². The molecule has 0 aliphatic heterocycles. The molecule has 5 heteroatoms. The molecule has 0 radical (unpaired) electrons. The quantitative estimate of drug-likeness (QED) is 0.896. The second-order valence-corrected chi connectivity index (χ2v) is 3.18. The van der Waals surface area contributed by atoms with E-state index in [1.54, 1.807) is 18.2 Å². The van der Waals surface area contributed by atoms with Crippen molar-refractivity contribution in [3.63, 3.8) is 0 Å². The lowest BCUT2D eigenvalue weighted by molar-refractivity contribution is -0.201. The maximum Gasteiger partial charge on any atom is 0.421 e. The van der Waals surface area contributed by atoms with E-state index in [1.807, 2.05) is 0 Å². The first-order chi connectivity index (χ1) is 6.05. The molecule has 72 valence electrons. The Labute approximate surface area is 82.3 Å². The van der Waals surface area contributed by atoms with Gasteiger partial charge >= 0.3 is 6.11 Å². The minimum atomic E-state index is -3.54. The van der Waals surface area contributed by atoms with Gasteiger partial charge in [0.2, 0.25) is 0 Å². The third-order valence-corrected chi connectivity index (χ3v) is 1.94. The van der Waals surface area contributed by atoms with E-state index in [1.165, 1.54) is 6.07 Å². The Morgan fingerprint density at radius 3 is 2.54 bits per heavy atom. The van der Waals surface area contributed by atoms with Crippen molar-refractivity contribution in [1.29, 1.82) is 0 Å². The van der Waals surface area contributed by atoms with Crippen LogP contribution >= 0.6 is 15.9 Å². The van der Waals surface area contributed by atoms with Crippen LogP contribution in [-0.2, 0) is 0 Å². The topological polar surface area (TPSA) is 29.5 Å². The standard InChI is InChI=1S/C8H7BrF2O2/c9-6-3-1-2-4-7(6)13-8(10,11)5-12/h1-4,12H,5H2. The molecule has 1 aromatic carbocycles. The van der Waals surface area contributed by atoms with Crippen molar-refractivity contribution in [3.8, 4) is 5.75 Å². The van der Waals surface area contributed by atoms with Gasteiger partial charge in [-0.15, -0.1) is 0 Å². The number of hydrogen-bond donors (Lipinski definition) is 1. The summed E-state index contributed by atoms with van der Waals surface area (Å²) in [6.45, 7) is -1.34. The van der Waals surface area contributed by atoms with Crippen LogP contribution in [0.4, 0.5) is 8.78 Å². The molecule has 1 N–H and O–H groups in total. The molecule has 0 amide bonds. The minimum Gasteiger partial charge on any atom is -0.430 e. The molecule has 0 heterocycles. The smallest absolute Gasteiger partial charge is 0.421 e. The predicted octanol–water partition coefficient (Wildman–Crippen LogP) is 2.41. The summed E-state index contributed by atoms with van der Waals surface area (Å²) in [5, 5.41) is 8.26. The van der Waals surface area contributed by atoms with Crippen LogP contribution in [0.5, 0.6) is 5.75 Å². The molecule has 0 spiro atoms. The molecule has 0 saturated heterocycles. The second kappa shape index (κ2) is 4.02. The van der Waals surface area contributed by atoms with Crippen LogP contribution in [0.15, 0.2) is 28.7 Å². The molecule has 13 heavy (non-hydrogen) atoms. The van der Waals surface area contributed by atoms with Crippen molar-refractivity contribution in [2.45, 2.75) is 6.11 Å². The fourth-order valence-corrected chi connectivity index (χ4v) is 1.09. The van der Waals surface area contributed by atoms with Crippen LogP contribution < -0.4 is 4.74 Å². The minimum absolute atomic E-state index is 0.00144. The number of halogens is 3. The summed E-state index contributed by atoms with van der Waals surface area (Å²) in [4.78, 5) is 0. The molecule has 0 aliphatic carbocycles. The first-order valence-corrected chi connectivity index (χ1v) is 4.27. The summed E-state index contributed by atoms with van der Waals surface area (Å²) in [6, 6.07) is 6.19. The summed E-state index contributed by atoms with van der Waals surface area (Å²) in [5.41, 5.74) is 0. The number of aliphatic hydroxyl groups is 1. The van der Waals surface area contributed by atoms with Crippen LogP contribution in [0.1, 0.15) is 0 Å². The number of hydrogen-bond acceptors (Lipinski definition) is 2. The van der Waals surface area contributed by atoms with Gasteiger partial charge < -0.3 is 9.84 Å². The van der Waals surface area contributed by atoms with Gasteiger partial charge in [-0.05, 0) is 28.1 Å². The van der Waals surface area contributed by atoms with E-state index >= 15 is 0 Å². The lowest BCUT2D eigenvalue weighted by Gasteiger charge is -2.15. The van der Waals surface area contributed by atoms with Gasteiger partial charge in [0.05, 0.1) is 4.47 Å². The van der Waals surface area contributed by atoms with Crippen molar-refractivity contribution in [3.05, 3.63) is 28.7 Å². The highest BCUT2D eigenvalue weighted by Crippen LogP contribution is 2.28. The van der Waals surface area contributed by atoms with E-state index in [0.717, 1.165) is 0 Å². The molecule has 0 saturated carbocycles. The zero-order valence-corrected chi connectivity index (χ0v) is 8.09. The van der Waals surface area contributed by atoms with Gasteiger partial charge in [-0.1, -0.05) is 12.1 Å². The van der Waals surface area contributed by atoms with E-state index in [4.69, 9.17) is 5.11 Å². The third-order valence-electron chi connectivity index (χ3n) is 1.28. The molecule has 2 nitrogen and oxygen atoms in total. The van der Waals surface area contributed by atoms with Crippen molar-refractivity contribution in [2.75, 3.05) is 6.61 Å². The van der Waals surface area contributed by atoms with E-state index in [9.17, 15) is 8.78 Å². The molecule has 0 aliphatic rings. The number of ether oxygens (including phenoxy) is 1. The van der Waals surface area contributed by atoms with Gasteiger partial charge in [0, 0.05) is 0 Å². The Hall–Kier alpha value is -0.680. The highest BCUT2D eigenvalue weighted by molar-refractivity contribution is 9.10.